The summed E-state index contributed by atoms with van der Waals surface area (Å²) in [6, 6.07) is 11.2. The van der Waals surface area contributed by atoms with Crippen LogP contribution in [-0.2, 0) is 6.54 Å². The van der Waals surface area contributed by atoms with E-state index in [1.54, 1.807) is 0 Å². The van der Waals surface area contributed by atoms with Gasteiger partial charge in [-0.05, 0) is 75.3 Å². The molecule has 0 aliphatic carbocycles. The van der Waals surface area contributed by atoms with Gasteiger partial charge in [-0.1, -0.05) is 6.07 Å². The molecule has 1 N–H and O–H groups in total. The second kappa shape index (κ2) is 5.76. The predicted molar refractivity (Wildman–Crippen MR) is 96.4 cm³/mol. The molecule has 0 amide bonds. The number of benzene rings is 1. The zero-order valence-electron chi connectivity index (χ0n) is 13.7. The van der Waals surface area contributed by atoms with Gasteiger partial charge in [-0.15, -0.1) is 0 Å². The fourth-order valence-corrected chi connectivity index (χ4v) is 3.71. The van der Waals surface area contributed by atoms with Gasteiger partial charge < -0.3 is 14.8 Å². The summed E-state index contributed by atoms with van der Waals surface area (Å²) in [5.41, 5.74) is 6.25. The van der Waals surface area contributed by atoms with Crippen molar-refractivity contribution in [2.75, 3.05) is 11.9 Å². The summed E-state index contributed by atoms with van der Waals surface area (Å²) < 4.78 is 2.39. The Hall–Kier alpha value is -1.81. The minimum atomic E-state index is 0.299. The first kappa shape index (κ1) is 15.1. The number of nitrogens with zero attached hydrogens (tertiary/aromatic N) is 2. The molecule has 1 aliphatic heterocycles. The van der Waals surface area contributed by atoms with E-state index in [4.69, 9.17) is 12.2 Å². The molecule has 0 saturated carbocycles. The van der Waals surface area contributed by atoms with E-state index in [1.165, 1.54) is 22.5 Å². The summed E-state index contributed by atoms with van der Waals surface area (Å²) in [7, 11) is 0. The smallest absolute Gasteiger partial charge is 0.174 e. The molecule has 0 spiro atoms. The number of fused-ring (bicyclic) bond motifs is 1. The van der Waals surface area contributed by atoms with Gasteiger partial charge in [0.05, 0.1) is 6.04 Å². The fraction of sp³-hybridized carbons (Fsp3) is 0.389. The monoisotopic (exact) mass is 313 g/mol. The van der Waals surface area contributed by atoms with Gasteiger partial charge in [0.2, 0.25) is 0 Å². The van der Waals surface area contributed by atoms with Gasteiger partial charge in [-0.25, -0.2) is 0 Å². The highest BCUT2D eigenvalue weighted by molar-refractivity contribution is 7.80. The molecule has 0 bridgehead atoms. The van der Waals surface area contributed by atoms with E-state index in [1.807, 2.05) is 0 Å². The minimum Gasteiger partial charge on any atom is -0.345 e. The maximum atomic E-state index is 5.66. The quantitative estimate of drug-likeness (QED) is 0.797. The number of aryl methyl sites for hydroxylation is 3. The molecule has 3 nitrogen and oxygen atoms in total. The number of anilines is 1. The van der Waals surface area contributed by atoms with E-state index in [9.17, 15) is 0 Å². The Morgan fingerprint density at radius 1 is 1.09 bits per heavy atom. The molecule has 1 aromatic heterocycles. The molecule has 1 atom stereocenters. The average Bonchev–Trinajstić information content (AvgIpc) is 2.80. The third kappa shape index (κ3) is 2.75. The molecule has 116 valence electrons. The third-order valence-corrected chi connectivity index (χ3v) is 4.76. The molecule has 4 heteroatoms. The molecular weight excluding hydrogens is 290 g/mol. The number of hydrogen-bond donors (Lipinski definition) is 1. The van der Waals surface area contributed by atoms with E-state index in [0.29, 0.717) is 6.04 Å². The lowest BCUT2D eigenvalue weighted by Crippen LogP contribution is -2.43. The Balaban J connectivity index is 1.78. The van der Waals surface area contributed by atoms with Gasteiger partial charge >= 0.3 is 0 Å². The summed E-state index contributed by atoms with van der Waals surface area (Å²) in [6.07, 6.45) is 0. The van der Waals surface area contributed by atoms with Crippen molar-refractivity contribution >= 4 is 23.0 Å². The Labute approximate surface area is 137 Å². The van der Waals surface area contributed by atoms with Crippen LogP contribution < -0.4 is 5.32 Å². The van der Waals surface area contributed by atoms with E-state index < -0.39 is 0 Å². The normalized spacial score (nSPS) is 17.3. The molecule has 1 aliphatic rings. The highest BCUT2D eigenvalue weighted by atomic mass is 32.1. The van der Waals surface area contributed by atoms with Crippen LogP contribution in [0.3, 0.4) is 0 Å². The Kier molecular flexibility index (Phi) is 3.96. The van der Waals surface area contributed by atoms with Crippen molar-refractivity contribution in [1.82, 2.24) is 9.47 Å². The molecule has 3 rings (SSSR count). The molecule has 2 heterocycles. The number of hydrogen-bond acceptors (Lipinski definition) is 1. The molecular formula is C18H23N3S. The SMILES string of the molecule is Cc1cc(C)cc(NC(=S)N2CCn3c(C)ccc3[C@H]2C)c1. The van der Waals surface area contributed by atoms with Crippen molar-refractivity contribution in [1.29, 1.82) is 0 Å². The zero-order valence-corrected chi connectivity index (χ0v) is 14.5. The second-order valence-electron chi connectivity index (χ2n) is 6.23. The van der Waals surface area contributed by atoms with Crippen molar-refractivity contribution in [3.05, 3.63) is 52.8 Å². The van der Waals surface area contributed by atoms with Crippen LogP contribution in [0.25, 0.3) is 0 Å². The average molecular weight is 313 g/mol. The van der Waals surface area contributed by atoms with Crippen LogP contribution in [0.5, 0.6) is 0 Å². The van der Waals surface area contributed by atoms with Gasteiger partial charge in [0.25, 0.3) is 0 Å². The van der Waals surface area contributed by atoms with Gasteiger partial charge in [-0.2, -0.15) is 0 Å². The summed E-state index contributed by atoms with van der Waals surface area (Å²) in [4.78, 5) is 2.28. The second-order valence-corrected chi connectivity index (χ2v) is 6.61. The Bertz CT molecular complexity index is 697. The van der Waals surface area contributed by atoms with Crippen LogP contribution in [-0.4, -0.2) is 21.1 Å². The largest absolute Gasteiger partial charge is 0.345 e. The summed E-state index contributed by atoms with van der Waals surface area (Å²) in [5.74, 6) is 0. The Morgan fingerprint density at radius 3 is 2.45 bits per heavy atom. The number of rotatable bonds is 1. The summed E-state index contributed by atoms with van der Waals surface area (Å²) in [6.45, 7) is 10.5. The lowest BCUT2D eigenvalue weighted by molar-refractivity contribution is 0.274. The lowest BCUT2D eigenvalue weighted by Gasteiger charge is -2.37. The summed E-state index contributed by atoms with van der Waals surface area (Å²) in [5, 5.41) is 4.22. The van der Waals surface area contributed by atoms with E-state index in [-0.39, 0.29) is 0 Å². The highest BCUT2D eigenvalue weighted by Gasteiger charge is 2.26. The first-order chi connectivity index (χ1) is 10.5. The van der Waals surface area contributed by atoms with Crippen molar-refractivity contribution < 1.29 is 0 Å². The topological polar surface area (TPSA) is 20.2 Å². The molecule has 0 unspecified atom stereocenters. The molecule has 0 fully saturated rings. The maximum absolute atomic E-state index is 5.66. The number of nitrogens with one attached hydrogen (secondary N) is 1. The van der Waals surface area contributed by atoms with Crippen molar-refractivity contribution in [2.45, 2.75) is 40.3 Å². The molecule has 0 radical (unpaired) electrons. The van der Waals surface area contributed by atoms with Gasteiger partial charge in [0, 0.05) is 30.2 Å². The minimum absolute atomic E-state index is 0.299. The number of thiocarbonyl (C=S) groups is 1. The van der Waals surface area contributed by atoms with Gasteiger partial charge in [0.1, 0.15) is 0 Å². The van der Waals surface area contributed by atoms with E-state index >= 15 is 0 Å². The molecule has 22 heavy (non-hydrogen) atoms. The first-order valence-corrected chi connectivity index (χ1v) is 8.18. The highest BCUT2D eigenvalue weighted by Crippen LogP contribution is 2.28. The van der Waals surface area contributed by atoms with E-state index in [0.717, 1.165) is 23.9 Å². The molecule has 1 aromatic carbocycles. The first-order valence-electron chi connectivity index (χ1n) is 7.77. The third-order valence-electron chi connectivity index (χ3n) is 4.43. The standard InChI is InChI=1S/C18H23N3S/c1-12-9-13(2)11-16(10-12)19-18(22)21-8-7-20-14(3)5-6-17(20)15(21)4/h5-6,9-11,15H,7-8H2,1-4H3,(H,19,22)/t15-/m1/s1. The van der Waals surface area contributed by atoms with Crippen molar-refractivity contribution in [3.63, 3.8) is 0 Å². The van der Waals surface area contributed by atoms with Crippen LogP contribution in [0.2, 0.25) is 0 Å². The Morgan fingerprint density at radius 2 is 1.77 bits per heavy atom. The van der Waals surface area contributed by atoms with Crippen LogP contribution in [0.1, 0.15) is 35.5 Å². The molecule has 0 saturated heterocycles. The van der Waals surface area contributed by atoms with Crippen LogP contribution in [0, 0.1) is 20.8 Å². The fourth-order valence-electron chi connectivity index (χ4n) is 3.34. The maximum Gasteiger partial charge on any atom is 0.174 e. The lowest BCUT2D eigenvalue weighted by atomic mass is 10.1. The van der Waals surface area contributed by atoms with Gasteiger partial charge in [-0.3, -0.25) is 0 Å². The summed E-state index contributed by atoms with van der Waals surface area (Å²) >= 11 is 5.66. The van der Waals surface area contributed by atoms with Crippen LogP contribution in [0.15, 0.2) is 30.3 Å². The predicted octanol–water partition coefficient (Wildman–Crippen LogP) is 4.19. The van der Waals surface area contributed by atoms with Crippen molar-refractivity contribution in [2.24, 2.45) is 0 Å². The van der Waals surface area contributed by atoms with Crippen LogP contribution in [0.4, 0.5) is 5.69 Å². The van der Waals surface area contributed by atoms with Gasteiger partial charge in [0.15, 0.2) is 5.11 Å². The number of aromatic nitrogens is 1. The zero-order chi connectivity index (χ0) is 15.9. The van der Waals surface area contributed by atoms with E-state index in [2.05, 4.69) is 72.8 Å². The van der Waals surface area contributed by atoms with Crippen LogP contribution >= 0.6 is 12.2 Å². The molecule has 2 aromatic rings. The van der Waals surface area contributed by atoms with Crippen molar-refractivity contribution in [3.8, 4) is 0 Å².